The third-order valence-electron chi connectivity index (χ3n) is 5.49. The first kappa shape index (κ1) is 23.6. The Balaban J connectivity index is 1.32. The van der Waals surface area contributed by atoms with E-state index in [0.717, 1.165) is 11.6 Å². The van der Waals surface area contributed by atoms with Crippen molar-refractivity contribution in [2.24, 2.45) is 0 Å². The van der Waals surface area contributed by atoms with Crippen LogP contribution in [0.15, 0.2) is 59.1 Å². The Labute approximate surface area is 207 Å². The number of rotatable bonds is 7. The highest BCUT2D eigenvalue weighted by atomic mass is 19.1. The lowest BCUT2D eigenvalue weighted by Gasteiger charge is -2.25. The molecule has 1 fully saturated rings. The topological polar surface area (TPSA) is 102 Å². The predicted molar refractivity (Wildman–Crippen MR) is 134 cm³/mol. The molecule has 0 saturated carbocycles. The van der Waals surface area contributed by atoms with Gasteiger partial charge in [0.1, 0.15) is 11.3 Å². The second kappa shape index (κ2) is 10.2. The first-order valence-corrected chi connectivity index (χ1v) is 11.7. The van der Waals surface area contributed by atoms with E-state index >= 15 is 0 Å². The lowest BCUT2D eigenvalue weighted by Crippen LogP contribution is -2.40. The van der Waals surface area contributed by atoms with Gasteiger partial charge in [-0.15, -0.1) is 0 Å². The number of aromatic nitrogens is 2. The molecule has 3 heterocycles. The molecule has 1 saturated heterocycles. The fourth-order valence-electron chi connectivity index (χ4n) is 3.85. The van der Waals surface area contributed by atoms with E-state index in [-0.39, 0.29) is 29.5 Å². The van der Waals surface area contributed by atoms with Crippen LogP contribution in [-0.4, -0.2) is 53.2 Å². The second-order valence-electron chi connectivity index (χ2n) is 8.60. The molecule has 0 aliphatic carbocycles. The molecule has 2 aromatic carbocycles. The zero-order chi connectivity index (χ0) is 25.1. The van der Waals surface area contributed by atoms with Crippen molar-refractivity contribution in [2.75, 3.05) is 36.9 Å². The van der Waals surface area contributed by atoms with Crippen molar-refractivity contribution in [2.45, 2.75) is 20.0 Å². The maximum absolute atomic E-state index is 14.4. The molecule has 0 atom stereocenters. The van der Waals surface area contributed by atoms with Gasteiger partial charge in [0.25, 0.3) is 5.91 Å². The summed E-state index contributed by atoms with van der Waals surface area (Å²) in [6.45, 7) is 5.99. The van der Waals surface area contributed by atoms with E-state index in [0.29, 0.717) is 49.0 Å². The van der Waals surface area contributed by atoms with Crippen LogP contribution < -0.4 is 15.4 Å². The van der Waals surface area contributed by atoms with Gasteiger partial charge in [-0.05, 0) is 50.2 Å². The number of hydrogen-bond acceptors (Lipinski definition) is 8. The Hall–Kier alpha value is -4.18. The average Bonchev–Trinajstić information content (AvgIpc) is 3.29. The monoisotopic (exact) mass is 491 g/mol. The van der Waals surface area contributed by atoms with E-state index in [2.05, 4.69) is 20.6 Å². The fraction of sp³-hybridized carbons (Fsp3) is 0.269. The van der Waals surface area contributed by atoms with Crippen molar-refractivity contribution in [3.63, 3.8) is 0 Å². The van der Waals surface area contributed by atoms with Crippen LogP contribution in [0.1, 0.15) is 24.4 Å². The van der Waals surface area contributed by atoms with Gasteiger partial charge >= 0.3 is 0 Å². The summed E-state index contributed by atoms with van der Waals surface area (Å²) in [4.78, 5) is 22.8. The third kappa shape index (κ3) is 5.38. The number of amides is 1. The summed E-state index contributed by atoms with van der Waals surface area (Å²) in [5, 5.41) is 6.81. The molecule has 186 valence electrons. The Bertz CT molecular complexity index is 1380. The van der Waals surface area contributed by atoms with Crippen molar-refractivity contribution in [1.29, 1.82) is 0 Å². The van der Waals surface area contributed by atoms with Gasteiger partial charge in [0, 0.05) is 35.9 Å². The SMILES string of the molecule is CC(C)Oc1cccc(Nc2nc(Nc3ccc4oc(C(=O)N5CCOCC5)cc4c3)ncc2F)c1. The number of hydrogen-bond donors (Lipinski definition) is 2. The van der Waals surface area contributed by atoms with E-state index in [4.69, 9.17) is 13.9 Å². The maximum Gasteiger partial charge on any atom is 0.289 e. The molecule has 4 aromatic rings. The van der Waals surface area contributed by atoms with Crippen LogP contribution in [0.5, 0.6) is 5.75 Å². The first-order chi connectivity index (χ1) is 17.4. The molecule has 0 spiro atoms. The van der Waals surface area contributed by atoms with Gasteiger partial charge in [0.05, 0.1) is 25.5 Å². The minimum Gasteiger partial charge on any atom is -0.491 e. The van der Waals surface area contributed by atoms with Gasteiger partial charge in [0.15, 0.2) is 17.4 Å². The summed E-state index contributed by atoms with van der Waals surface area (Å²) in [5.74, 6) is 0.426. The summed E-state index contributed by atoms with van der Waals surface area (Å²) in [7, 11) is 0. The Morgan fingerprint density at radius 1 is 1.08 bits per heavy atom. The number of carbonyl (C=O) groups excluding carboxylic acids is 1. The normalized spacial score (nSPS) is 13.7. The lowest BCUT2D eigenvalue weighted by atomic mass is 10.2. The van der Waals surface area contributed by atoms with E-state index < -0.39 is 5.82 Å². The van der Waals surface area contributed by atoms with Crippen molar-refractivity contribution >= 4 is 40.0 Å². The number of carbonyl (C=O) groups is 1. The van der Waals surface area contributed by atoms with Crippen molar-refractivity contribution < 1.29 is 23.1 Å². The van der Waals surface area contributed by atoms with Gasteiger partial charge in [-0.25, -0.2) is 9.37 Å². The number of furan rings is 1. The number of nitrogens with one attached hydrogen (secondary N) is 2. The van der Waals surface area contributed by atoms with Crippen LogP contribution in [-0.2, 0) is 4.74 Å². The summed E-state index contributed by atoms with van der Waals surface area (Å²) in [6.07, 6.45) is 1.12. The minimum atomic E-state index is -0.590. The largest absolute Gasteiger partial charge is 0.491 e. The van der Waals surface area contributed by atoms with Gasteiger partial charge in [-0.2, -0.15) is 4.98 Å². The van der Waals surface area contributed by atoms with Crippen LogP contribution in [0, 0.1) is 5.82 Å². The zero-order valence-electron chi connectivity index (χ0n) is 20.0. The predicted octanol–water partition coefficient (Wildman–Crippen LogP) is 5.11. The standard InChI is InChI=1S/C26H26FN5O4/c1-16(2)35-20-5-3-4-18(14-20)29-24-21(27)15-28-26(31-24)30-19-6-7-22-17(12-19)13-23(36-22)25(33)32-8-10-34-11-9-32/h3-7,12-16H,8-11H2,1-2H3,(H2,28,29,30,31). The highest BCUT2D eigenvalue weighted by Gasteiger charge is 2.22. The van der Waals surface area contributed by atoms with Crippen LogP contribution in [0.25, 0.3) is 11.0 Å². The number of morpholine rings is 1. The molecule has 1 aliphatic rings. The molecule has 0 radical (unpaired) electrons. The molecule has 2 aromatic heterocycles. The highest BCUT2D eigenvalue weighted by Crippen LogP contribution is 2.27. The molecule has 36 heavy (non-hydrogen) atoms. The molecule has 9 nitrogen and oxygen atoms in total. The molecule has 0 unspecified atom stereocenters. The molecule has 2 N–H and O–H groups in total. The van der Waals surface area contributed by atoms with Crippen LogP contribution in [0.3, 0.4) is 0 Å². The molecule has 1 amide bonds. The number of halogens is 1. The van der Waals surface area contributed by atoms with E-state index in [9.17, 15) is 9.18 Å². The van der Waals surface area contributed by atoms with Gasteiger partial charge in [-0.3, -0.25) is 4.79 Å². The third-order valence-corrected chi connectivity index (χ3v) is 5.49. The Morgan fingerprint density at radius 2 is 1.89 bits per heavy atom. The van der Waals surface area contributed by atoms with E-state index in [1.54, 1.807) is 35.2 Å². The quantitative estimate of drug-likeness (QED) is 0.368. The summed E-state index contributed by atoms with van der Waals surface area (Å²) in [5.41, 5.74) is 1.88. The number of benzene rings is 2. The molecule has 1 aliphatic heterocycles. The average molecular weight is 492 g/mol. The lowest BCUT2D eigenvalue weighted by molar-refractivity contribution is 0.0284. The number of nitrogens with zero attached hydrogens (tertiary/aromatic N) is 3. The first-order valence-electron chi connectivity index (χ1n) is 11.7. The van der Waals surface area contributed by atoms with Gasteiger partial charge in [0.2, 0.25) is 5.95 Å². The smallest absolute Gasteiger partial charge is 0.289 e. The van der Waals surface area contributed by atoms with Crippen LogP contribution in [0.4, 0.5) is 27.5 Å². The summed E-state index contributed by atoms with van der Waals surface area (Å²) < 4.78 is 31.2. The number of ether oxygens (including phenoxy) is 2. The van der Waals surface area contributed by atoms with E-state index in [1.807, 2.05) is 32.0 Å². The molecular formula is C26H26FN5O4. The molecule has 10 heteroatoms. The molecule has 0 bridgehead atoms. The minimum absolute atomic E-state index is 0.0213. The van der Waals surface area contributed by atoms with Crippen molar-refractivity contribution in [3.8, 4) is 5.75 Å². The highest BCUT2D eigenvalue weighted by molar-refractivity contribution is 5.96. The van der Waals surface area contributed by atoms with Gasteiger partial charge < -0.3 is 29.4 Å². The summed E-state index contributed by atoms with van der Waals surface area (Å²) >= 11 is 0. The van der Waals surface area contributed by atoms with Crippen molar-refractivity contribution in [3.05, 3.63) is 66.3 Å². The number of anilines is 4. The summed E-state index contributed by atoms with van der Waals surface area (Å²) in [6, 6.07) is 14.3. The van der Waals surface area contributed by atoms with Crippen LogP contribution >= 0.6 is 0 Å². The van der Waals surface area contributed by atoms with Gasteiger partial charge in [-0.1, -0.05) is 6.07 Å². The Kier molecular flexibility index (Phi) is 6.68. The van der Waals surface area contributed by atoms with Crippen LogP contribution in [0.2, 0.25) is 0 Å². The zero-order valence-corrected chi connectivity index (χ0v) is 20.0. The fourth-order valence-corrected chi connectivity index (χ4v) is 3.85. The number of fused-ring (bicyclic) bond motifs is 1. The Morgan fingerprint density at radius 3 is 2.69 bits per heavy atom. The van der Waals surface area contributed by atoms with Crippen molar-refractivity contribution in [1.82, 2.24) is 14.9 Å². The molecule has 5 rings (SSSR count). The molecular weight excluding hydrogens is 465 g/mol. The maximum atomic E-state index is 14.4. The van der Waals surface area contributed by atoms with E-state index in [1.165, 1.54) is 0 Å². The second-order valence-corrected chi connectivity index (χ2v) is 8.60.